The molecular weight excluding hydrogens is 434 g/mol. The summed E-state index contributed by atoms with van der Waals surface area (Å²) in [5, 5.41) is 19.0. The SMILES string of the molecule is Cc1c(C(=O)N2CCN(C(=O)CN3C(=O)CCC3=O)CC2)nnn1-c1cccc([N+](=O)[O-])c1. The van der Waals surface area contributed by atoms with Crippen molar-refractivity contribution in [2.24, 2.45) is 0 Å². The van der Waals surface area contributed by atoms with Crippen LogP contribution in [0.5, 0.6) is 0 Å². The minimum atomic E-state index is -0.516. The van der Waals surface area contributed by atoms with Gasteiger partial charge in [0.25, 0.3) is 11.6 Å². The fourth-order valence-electron chi connectivity index (χ4n) is 3.85. The van der Waals surface area contributed by atoms with E-state index < -0.39 is 4.92 Å². The van der Waals surface area contributed by atoms with E-state index in [0.29, 0.717) is 11.4 Å². The van der Waals surface area contributed by atoms with Crippen LogP contribution in [0.15, 0.2) is 24.3 Å². The summed E-state index contributed by atoms with van der Waals surface area (Å²) in [4.78, 5) is 63.5. The molecule has 2 aliphatic rings. The number of nitrogens with zero attached hydrogens (tertiary/aromatic N) is 7. The topological polar surface area (TPSA) is 152 Å². The number of likely N-dealkylation sites (tertiary alicyclic amines) is 1. The molecule has 13 nitrogen and oxygen atoms in total. The van der Waals surface area contributed by atoms with Crippen LogP contribution in [0.3, 0.4) is 0 Å². The summed E-state index contributed by atoms with van der Waals surface area (Å²) in [6, 6.07) is 5.85. The smallest absolute Gasteiger partial charge is 0.276 e. The van der Waals surface area contributed by atoms with E-state index in [0.717, 1.165) is 4.90 Å². The molecule has 2 saturated heterocycles. The highest BCUT2D eigenvalue weighted by molar-refractivity contribution is 6.04. The van der Waals surface area contributed by atoms with Gasteiger partial charge in [0.1, 0.15) is 6.54 Å². The average Bonchev–Trinajstić information content (AvgIpc) is 3.35. The van der Waals surface area contributed by atoms with E-state index >= 15 is 0 Å². The lowest BCUT2D eigenvalue weighted by Crippen LogP contribution is -2.53. The number of hydrogen-bond donors (Lipinski definition) is 0. The first-order chi connectivity index (χ1) is 15.8. The first-order valence-corrected chi connectivity index (χ1v) is 10.3. The van der Waals surface area contributed by atoms with E-state index in [1.807, 2.05) is 0 Å². The lowest BCUT2D eigenvalue weighted by Gasteiger charge is -2.35. The van der Waals surface area contributed by atoms with Gasteiger partial charge in [-0.1, -0.05) is 11.3 Å². The van der Waals surface area contributed by atoms with Gasteiger partial charge in [0, 0.05) is 51.2 Å². The average molecular weight is 455 g/mol. The first-order valence-electron chi connectivity index (χ1n) is 10.3. The van der Waals surface area contributed by atoms with Crippen molar-refractivity contribution >= 4 is 29.3 Å². The molecule has 1 aromatic carbocycles. The molecule has 1 aromatic heterocycles. The number of imide groups is 1. The zero-order chi connectivity index (χ0) is 23.7. The molecule has 33 heavy (non-hydrogen) atoms. The standard InChI is InChI=1S/C20H21N7O6/c1-13-19(21-22-26(13)14-3-2-4-15(11-14)27(32)33)20(31)24-9-7-23(8-10-24)18(30)12-25-16(28)5-6-17(25)29/h2-4,11H,5-10,12H2,1H3. The number of non-ortho nitro benzene ring substituents is 1. The van der Waals surface area contributed by atoms with Crippen LogP contribution in [0.25, 0.3) is 5.69 Å². The molecule has 2 aliphatic heterocycles. The highest BCUT2D eigenvalue weighted by Gasteiger charge is 2.33. The van der Waals surface area contributed by atoms with Gasteiger partial charge in [-0.25, -0.2) is 4.68 Å². The lowest BCUT2D eigenvalue weighted by atomic mass is 10.2. The van der Waals surface area contributed by atoms with Gasteiger partial charge in [0.05, 0.1) is 16.3 Å². The Morgan fingerprint density at radius 2 is 1.70 bits per heavy atom. The Balaban J connectivity index is 1.40. The van der Waals surface area contributed by atoms with Gasteiger partial charge in [-0.15, -0.1) is 5.10 Å². The van der Waals surface area contributed by atoms with E-state index in [1.165, 1.54) is 27.8 Å². The molecule has 13 heteroatoms. The highest BCUT2D eigenvalue weighted by atomic mass is 16.6. The molecule has 0 aliphatic carbocycles. The summed E-state index contributed by atoms with van der Waals surface area (Å²) in [6.45, 7) is 2.42. The van der Waals surface area contributed by atoms with Crippen molar-refractivity contribution < 1.29 is 24.1 Å². The number of rotatable bonds is 5. The molecule has 3 heterocycles. The van der Waals surface area contributed by atoms with Gasteiger partial charge < -0.3 is 9.80 Å². The zero-order valence-corrected chi connectivity index (χ0v) is 17.8. The van der Waals surface area contributed by atoms with Crippen molar-refractivity contribution in [2.45, 2.75) is 19.8 Å². The molecule has 0 radical (unpaired) electrons. The van der Waals surface area contributed by atoms with Crippen molar-refractivity contribution in [1.29, 1.82) is 0 Å². The molecule has 4 rings (SSSR count). The van der Waals surface area contributed by atoms with E-state index in [4.69, 9.17) is 0 Å². The molecule has 0 saturated carbocycles. The van der Waals surface area contributed by atoms with Crippen molar-refractivity contribution in [3.63, 3.8) is 0 Å². The molecule has 2 fully saturated rings. The summed E-state index contributed by atoms with van der Waals surface area (Å²) in [5.74, 6) is -1.38. The quantitative estimate of drug-likeness (QED) is 0.345. The van der Waals surface area contributed by atoms with E-state index in [1.54, 1.807) is 17.9 Å². The van der Waals surface area contributed by atoms with Crippen LogP contribution in [0.1, 0.15) is 29.0 Å². The number of carbonyl (C=O) groups is 4. The summed E-state index contributed by atoms with van der Waals surface area (Å²) >= 11 is 0. The predicted molar refractivity (Wildman–Crippen MR) is 111 cm³/mol. The second-order valence-corrected chi connectivity index (χ2v) is 7.76. The normalized spacial score (nSPS) is 16.5. The molecule has 0 atom stereocenters. The number of aromatic nitrogens is 3. The Morgan fingerprint density at radius 3 is 2.33 bits per heavy atom. The highest BCUT2D eigenvalue weighted by Crippen LogP contribution is 2.19. The fourth-order valence-corrected chi connectivity index (χ4v) is 3.85. The molecule has 0 N–H and O–H groups in total. The molecule has 0 unspecified atom stereocenters. The molecule has 0 spiro atoms. The van der Waals surface area contributed by atoms with Crippen LogP contribution in [-0.2, 0) is 14.4 Å². The third-order valence-electron chi connectivity index (χ3n) is 5.75. The van der Waals surface area contributed by atoms with E-state index in [-0.39, 0.29) is 80.6 Å². The zero-order valence-electron chi connectivity index (χ0n) is 17.8. The van der Waals surface area contributed by atoms with E-state index in [2.05, 4.69) is 10.3 Å². The Labute approximate surface area is 187 Å². The van der Waals surface area contributed by atoms with Crippen LogP contribution in [-0.4, -0.2) is 91.0 Å². The molecule has 0 bridgehead atoms. The fraction of sp³-hybridized carbons (Fsp3) is 0.400. The van der Waals surface area contributed by atoms with Gasteiger partial charge >= 0.3 is 0 Å². The maximum Gasteiger partial charge on any atom is 0.276 e. The second-order valence-electron chi connectivity index (χ2n) is 7.76. The first kappa shape index (κ1) is 22.0. The van der Waals surface area contributed by atoms with Crippen molar-refractivity contribution in [1.82, 2.24) is 29.7 Å². The molecule has 172 valence electrons. The second kappa shape index (κ2) is 8.76. The number of piperazine rings is 1. The number of hydrogen-bond acceptors (Lipinski definition) is 8. The molecule has 2 aromatic rings. The lowest BCUT2D eigenvalue weighted by molar-refractivity contribution is -0.384. The number of carbonyl (C=O) groups excluding carboxylic acids is 4. The Kier molecular flexibility index (Phi) is 5.85. The number of benzene rings is 1. The van der Waals surface area contributed by atoms with Gasteiger partial charge in [0.2, 0.25) is 17.7 Å². The maximum absolute atomic E-state index is 13.0. The van der Waals surface area contributed by atoms with Crippen LogP contribution in [0, 0.1) is 17.0 Å². The van der Waals surface area contributed by atoms with Crippen LogP contribution < -0.4 is 0 Å². The van der Waals surface area contributed by atoms with Crippen molar-refractivity contribution in [3.05, 3.63) is 45.8 Å². The third kappa shape index (κ3) is 4.29. The number of amides is 4. The van der Waals surface area contributed by atoms with Crippen LogP contribution >= 0.6 is 0 Å². The van der Waals surface area contributed by atoms with Crippen LogP contribution in [0.4, 0.5) is 5.69 Å². The summed E-state index contributed by atoms with van der Waals surface area (Å²) < 4.78 is 1.37. The Hall–Kier alpha value is -4.16. The van der Waals surface area contributed by atoms with Crippen molar-refractivity contribution in [3.8, 4) is 5.69 Å². The minimum absolute atomic E-state index is 0.103. The monoisotopic (exact) mass is 455 g/mol. The minimum Gasteiger partial charge on any atom is -0.338 e. The van der Waals surface area contributed by atoms with Gasteiger partial charge in [-0.2, -0.15) is 0 Å². The number of nitro groups is 1. The molecule has 4 amide bonds. The summed E-state index contributed by atoms with van der Waals surface area (Å²) in [5.41, 5.74) is 0.864. The Morgan fingerprint density at radius 1 is 1.06 bits per heavy atom. The maximum atomic E-state index is 13.0. The van der Waals surface area contributed by atoms with Crippen LogP contribution in [0.2, 0.25) is 0 Å². The summed E-state index contributed by atoms with van der Waals surface area (Å²) in [7, 11) is 0. The van der Waals surface area contributed by atoms with Gasteiger partial charge in [-0.05, 0) is 13.0 Å². The number of nitro benzene ring substituents is 1. The van der Waals surface area contributed by atoms with Crippen molar-refractivity contribution in [2.75, 3.05) is 32.7 Å². The third-order valence-corrected chi connectivity index (χ3v) is 5.75. The largest absolute Gasteiger partial charge is 0.338 e. The van der Waals surface area contributed by atoms with E-state index in [9.17, 15) is 29.3 Å². The van der Waals surface area contributed by atoms with Gasteiger partial charge in [0.15, 0.2) is 5.69 Å². The predicted octanol–water partition coefficient (Wildman–Crippen LogP) is -0.0827. The van der Waals surface area contributed by atoms with Gasteiger partial charge in [-0.3, -0.25) is 34.2 Å². The molecular formula is C20H21N7O6. The Bertz CT molecular complexity index is 1140. The summed E-state index contributed by atoms with van der Waals surface area (Å²) in [6.07, 6.45) is 0.259.